The number of aromatic hydroxyl groups is 1. The zero-order valence-corrected chi connectivity index (χ0v) is 8.60. The molecule has 0 amide bonds. The normalized spacial score (nSPS) is 24.0. The van der Waals surface area contributed by atoms with E-state index >= 15 is 0 Å². The predicted octanol–water partition coefficient (Wildman–Crippen LogP) is 2.21. The van der Waals surface area contributed by atoms with Crippen LogP contribution in [0.15, 0.2) is 18.2 Å². The number of nitrogens with zero attached hydrogens (tertiary/aromatic N) is 1. The van der Waals surface area contributed by atoms with Crippen LogP contribution in [-0.2, 0) is 4.57 Å². The lowest BCUT2D eigenvalue weighted by Crippen LogP contribution is -1.99. The van der Waals surface area contributed by atoms with Gasteiger partial charge in [-0.15, -0.1) is 0 Å². The van der Waals surface area contributed by atoms with Gasteiger partial charge in [-0.05, 0) is 12.1 Å². The number of hydrogen-bond acceptors (Lipinski definition) is 6. The molecule has 2 aromatic rings. The molecule has 0 fully saturated rings. The van der Waals surface area contributed by atoms with Crippen LogP contribution in [0.25, 0.3) is 10.9 Å². The van der Waals surface area contributed by atoms with Crippen LogP contribution in [0.2, 0.25) is 0 Å². The molecule has 0 aliphatic carbocycles. The van der Waals surface area contributed by atoms with Crippen molar-refractivity contribution < 1.29 is 23.2 Å². The highest BCUT2D eigenvalue weighted by Crippen LogP contribution is 2.69. The van der Waals surface area contributed by atoms with Gasteiger partial charge in [0.15, 0.2) is 5.75 Å². The number of aromatic nitrogens is 1. The molecular weight excluding hydrogens is 233 g/mol. The smallest absolute Gasteiger partial charge is 0.506 e. The van der Waals surface area contributed by atoms with E-state index in [2.05, 4.69) is 4.98 Å². The molecular formula is C9H4NO5P. The molecule has 6 nitrogen and oxygen atoms in total. The van der Waals surface area contributed by atoms with Crippen LogP contribution in [0.4, 0.5) is 0 Å². The molecule has 2 aliphatic heterocycles. The highest BCUT2D eigenvalue weighted by atomic mass is 31.2. The van der Waals surface area contributed by atoms with Crippen molar-refractivity contribution in [1.82, 2.24) is 4.98 Å². The van der Waals surface area contributed by atoms with Gasteiger partial charge in [0.25, 0.3) is 5.88 Å². The summed E-state index contributed by atoms with van der Waals surface area (Å²) in [7, 11) is -3.51. The monoisotopic (exact) mass is 237 g/mol. The van der Waals surface area contributed by atoms with Gasteiger partial charge in [0.05, 0.1) is 5.39 Å². The number of benzene rings is 1. The van der Waals surface area contributed by atoms with E-state index in [0.29, 0.717) is 16.7 Å². The van der Waals surface area contributed by atoms with Crippen molar-refractivity contribution in [3.8, 4) is 23.1 Å². The molecule has 3 heterocycles. The minimum Gasteiger partial charge on any atom is -0.506 e. The minimum atomic E-state index is -3.51. The van der Waals surface area contributed by atoms with Crippen molar-refractivity contribution >= 4 is 18.7 Å². The lowest BCUT2D eigenvalue weighted by atomic mass is 10.2. The summed E-state index contributed by atoms with van der Waals surface area (Å²) < 4.78 is 26.7. The third-order valence-electron chi connectivity index (χ3n) is 2.48. The van der Waals surface area contributed by atoms with Crippen LogP contribution in [0, 0.1) is 0 Å². The highest BCUT2D eigenvalue weighted by Gasteiger charge is 2.52. The Labute approximate surface area is 89.0 Å². The average molecular weight is 237 g/mol. The second-order valence-electron chi connectivity index (χ2n) is 3.47. The Kier molecular flexibility index (Phi) is 1.16. The summed E-state index contributed by atoms with van der Waals surface area (Å²) >= 11 is 0. The fourth-order valence-corrected chi connectivity index (χ4v) is 3.06. The summed E-state index contributed by atoms with van der Waals surface area (Å²) in [6, 6.07) is 4.85. The third-order valence-corrected chi connectivity index (χ3v) is 3.69. The van der Waals surface area contributed by atoms with E-state index < -0.39 is 7.82 Å². The Hall–Kier alpha value is -1.94. The molecule has 0 spiro atoms. The summed E-state index contributed by atoms with van der Waals surface area (Å²) in [6.07, 6.45) is 0. The number of fused-ring (bicyclic) bond motifs is 3. The number of phosphoric acid groups is 1. The molecule has 1 aromatic carbocycles. The van der Waals surface area contributed by atoms with Gasteiger partial charge in [0.2, 0.25) is 5.75 Å². The Balaban J connectivity index is 2.22. The quantitative estimate of drug-likeness (QED) is 0.707. The van der Waals surface area contributed by atoms with Crippen molar-refractivity contribution in [2.75, 3.05) is 0 Å². The van der Waals surface area contributed by atoms with Gasteiger partial charge in [-0.1, -0.05) is 6.07 Å². The Bertz CT molecular complexity index is 698. The number of phenolic OH excluding ortho intramolecular Hbond substituents is 1. The maximum atomic E-state index is 11.7. The van der Waals surface area contributed by atoms with Crippen molar-refractivity contribution in [2.24, 2.45) is 0 Å². The second kappa shape index (κ2) is 2.25. The number of hydrogen-bond donors (Lipinski definition) is 1. The zero-order chi connectivity index (χ0) is 10.9. The van der Waals surface area contributed by atoms with Gasteiger partial charge in [0, 0.05) is 0 Å². The number of pyridine rings is 1. The molecule has 0 saturated heterocycles. The maximum Gasteiger partial charge on any atom is 0.648 e. The van der Waals surface area contributed by atoms with Gasteiger partial charge >= 0.3 is 7.82 Å². The SMILES string of the molecule is O=P12Oc3nc4c(O)cccc4c(c3O1)O2. The molecule has 1 N–H and O–H groups in total. The number of para-hydroxylation sites is 1. The zero-order valence-electron chi connectivity index (χ0n) is 7.71. The summed E-state index contributed by atoms with van der Waals surface area (Å²) in [4.78, 5) is 4.04. The standard InChI is InChI=1S/C9H4NO5P/c11-5-3-1-2-4-6(5)10-9-8-7(4)13-16(12,14-8)15-9/h1-3,11H. The van der Waals surface area contributed by atoms with Crippen LogP contribution < -0.4 is 13.6 Å². The first-order valence-electron chi connectivity index (χ1n) is 4.51. The average Bonchev–Trinajstić information content (AvgIpc) is 2.72. The Morgan fingerprint density at radius 2 is 2.00 bits per heavy atom. The van der Waals surface area contributed by atoms with Gasteiger partial charge in [-0.25, -0.2) is 4.98 Å². The lowest BCUT2D eigenvalue weighted by molar-refractivity contribution is 0.351. The Morgan fingerprint density at radius 3 is 2.81 bits per heavy atom. The molecule has 0 saturated carbocycles. The molecule has 1 atom stereocenters. The first-order chi connectivity index (χ1) is 7.66. The summed E-state index contributed by atoms with van der Waals surface area (Å²) in [5.41, 5.74) is 0.341. The van der Waals surface area contributed by atoms with Crippen molar-refractivity contribution in [3.63, 3.8) is 0 Å². The number of phosphoric ester groups is 1. The molecule has 2 bridgehead atoms. The van der Waals surface area contributed by atoms with E-state index in [9.17, 15) is 9.67 Å². The van der Waals surface area contributed by atoms with Crippen LogP contribution in [0.3, 0.4) is 0 Å². The van der Waals surface area contributed by atoms with Gasteiger partial charge in [0.1, 0.15) is 11.3 Å². The van der Waals surface area contributed by atoms with Crippen LogP contribution in [-0.4, -0.2) is 10.1 Å². The topological polar surface area (TPSA) is 77.9 Å². The van der Waals surface area contributed by atoms with E-state index in [-0.39, 0.29) is 17.4 Å². The van der Waals surface area contributed by atoms with Crippen LogP contribution >= 0.6 is 7.82 Å². The molecule has 0 radical (unpaired) electrons. The van der Waals surface area contributed by atoms with Gasteiger partial charge < -0.3 is 18.7 Å². The highest BCUT2D eigenvalue weighted by molar-refractivity contribution is 7.50. The molecule has 2 aliphatic rings. The van der Waals surface area contributed by atoms with Crippen LogP contribution in [0.1, 0.15) is 0 Å². The van der Waals surface area contributed by atoms with E-state index in [1.54, 1.807) is 12.1 Å². The summed E-state index contributed by atoms with van der Waals surface area (Å²) in [5.74, 6) is 0.697. The first kappa shape index (κ1) is 8.24. The summed E-state index contributed by atoms with van der Waals surface area (Å²) in [6.45, 7) is 0. The third kappa shape index (κ3) is 0.796. The van der Waals surface area contributed by atoms with Crippen LogP contribution in [0.5, 0.6) is 23.1 Å². The van der Waals surface area contributed by atoms with Crippen molar-refractivity contribution in [1.29, 1.82) is 0 Å². The second-order valence-corrected chi connectivity index (χ2v) is 4.91. The molecule has 4 rings (SSSR count). The molecule has 16 heavy (non-hydrogen) atoms. The van der Waals surface area contributed by atoms with E-state index in [1.165, 1.54) is 6.07 Å². The number of rotatable bonds is 0. The fourth-order valence-electron chi connectivity index (χ4n) is 1.82. The maximum absolute atomic E-state index is 11.7. The summed E-state index contributed by atoms with van der Waals surface area (Å²) in [5, 5.41) is 10.2. The first-order valence-corrected chi connectivity index (χ1v) is 5.97. The van der Waals surface area contributed by atoms with E-state index in [1.807, 2.05) is 0 Å². The molecule has 80 valence electrons. The molecule has 1 aromatic heterocycles. The predicted molar refractivity (Wildman–Crippen MR) is 52.9 cm³/mol. The number of phenols is 1. The van der Waals surface area contributed by atoms with Crippen molar-refractivity contribution in [2.45, 2.75) is 0 Å². The fraction of sp³-hybridized carbons (Fsp3) is 0. The largest absolute Gasteiger partial charge is 0.648 e. The molecule has 1 unspecified atom stereocenters. The van der Waals surface area contributed by atoms with E-state index in [0.717, 1.165) is 0 Å². The lowest BCUT2D eigenvalue weighted by Gasteiger charge is -2.11. The van der Waals surface area contributed by atoms with E-state index in [4.69, 9.17) is 13.6 Å². The van der Waals surface area contributed by atoms with Gasteiger partial charge in [-0.3, -0.25) is 0 Å². The minimum absolute atomic E-state index is 0.0115. The van der Waals surface area contributed by atoms with Crippen molar-refractivity contribution in [3.05, 3.63) is 18.2 Å². The van der Waals surface area contributed by atoms with Gasteiger partial charge in [-0.2, -0.15) is 4.57 Å². The molecule has 7 heteroatoms. The Morgan fingerprint density at radius 1 is 1.19 bits per heavy atom.